The first-order valence-electron chi connectivity index (χ1n) is 10.6. The van der Waals surface area contributed by atoms with Crippen molar-refractivity contribution in [1.29, 1.82) is 0 Å². The average Bonchev–Trinajstić information content (AvgIpc) is 3.20. The lowest BCUT2D eigenvalue weighted by atomic mass is 9.85. The molecular weight excluding hydrogens is 417 g/mol. The number of H-pyrrole nitrogens is 1. The van der Waals surface area contributed by atoms with E-state index in [1.54, 1.807) is 6.33 Å². The zero-order valence-corrected chi connectivity index (χ0v) is 19.2. The van der Waals surface area contributed by atoms with Gasteiger partial charge < -0.3 is 15.4 Å². The van der Waals surface area contributed by atoms with Crippen molar-refractivity contribution >= 4 is 35.8 Å². The van der Waals surface area contributed by atoms with E-state index in [1.807, 2.05) is 0 Å². The highest BCUT2D eigenvalue weighted by Crippen LogP contribution is 2.28. The molecule has 3 N–H and O–H groups in total. The van der Waals surface area contributed by atoms with Gasteiger partial charge in [-0.25, -0.2) is 4.98 Å². The molecular formula is C24H33Cl2N3O. The standard InChI is InChI=1S/C24H31N3O.2ClH/c1-17-11-19(14-25-21(15-28)12-18-5-3-2-4-6-18)7-9-22(17)20-8-10-23-24(13-20)27-16-26-23;;/h7-11,13,16,18,21,25,28H,2-6,12,14-15H2,1H3,(H,26,27);2*1H/t21-;;/m0../s1. The molecule has 1 heterocycles. The van der Waals surface area contributed by atoms with Crippen LogP contribution in [0.25, 0.3) is 22.2 Å². The lowest BCUT2D eigenvalue weighted by Gasteiger charge is -2.26. The summed E-state index contributed by atoms with van der Waals surface area (Å²) in [4.78, 5) is 7.48. The Kier molecular flexibility index (Phi) is 9.63. The normalized spacial score (nSPS) is 15.4. The smallest absolute Gasteiger partial charge is 0.0931 e. The first-order chi connectivity index (χ1) is 13.7. The molecule has 4 rings (SSSR count). The van der Waals surface area contributed by atoms with Crippen LogP contribution in [0.1, 0.15) is 49.7 Å². The zero-order valence-electron chi connectivity index (χ0n) is 17.6. The van der Waals surface area contributed by atoms with Crippen LogP contribution in [0, 0.1) is 12.8 Å². The van der Waals surface area contributed by atoms with Crippen molar-refractivity contribution in [2.45, 2.75) is 58.0 Å². The number of aromatic nitrogens is 2. The molecule has 0 unspecified atom stereocenters. The summed E-state index contributed by atoms with van der Waals surface area (Å²) < 4.78 is 0. The van der Waals surface area contributed by atoms with Crippen molar-refractivity contribution in [3.8, 4) is 11.1 Å². The minimum absolute atomic E-state index is 0. The molecule has 1 saturated carbocycles. The first kappa shape index (κ1) is 24.7. The van der Waals surface area contributed by atoms with Gasteiger partial charge >= 0.3 is 0 Å². The summed E-state index contributed by atoms with van der Waals surface area (Å²) in [6.07, 6.45) is 9.58. The molecule has 0 spiro atoms. The Hall–Kier alpha value is -1.59. The van der Waals surface area contributed by atoms with Crippen LogP contribution < -0.4 is 5.32 Å². The van der Waals surface area contributed by atoms with E-state index in [9.17, 15) is 5.11 Å². The highest BCUT2D eigenvalue weighted by Gasteiger charge is 2.18. The average molecular weight is 450 g/mol. The summed E-state index contributed by atoms with van der Waals surface area (Å²) in [5.41, 5.74) is 7.06. The Bertz CT molecular complexity index is 922. The molecule has 164 valence electrons. The number of aliphatic hydroxyl groups is 1. The van der Waals surface area contributed by atoms with E-state index in [-0.39, 0.29) is 37.5 Å². The van der Waals surface area contributed by atoms with E-state index in [0.717, 1.165) is 29.9 Å². The van der Waals surface area contributed by atoms with Crippen LogP contribution >= 0.6 is 24.8 Å². The Morgan fingerprint density at radius 3 is 2.63 bits per heavy atom. The third kappa shape index (κ3) is 5.98. The maximum Gasteiger partial charge on any atom is 0.0931 e. The number of hydrogen-bond acceptors (Lipinski definition) is 3. The number of imidazole rings is 1. The first-order valence-corrected chi connectivity index (χ1v) is 10.6. The van der Waals surface area contributed by atoms with Crippen molar-refractivity contribution in [1.82, 2.24) is 15.3 Å². The van der Waals surface area contributed by atoms with Crippen LogP contribution in [0.4, 0.5) is 0 Å². The fraction of sp³-hybridized carbons (Fsp3) is 0.458. The number of aromatic amines is 1. The van der Waals surface area contributed by atoms with E-state index in [4.69, 9.17) is 0 Å². The van der Waals surface area contributed by atoms with E-state index in [1.165, 1.54) is 54.4 Å². The van der Waals surface area contributed by atoms with E-state index in [2.05, 4.69) is 58.6 Å². The van der Waals surface area contributed by atoms with Gasteiger partial charge in [0.1, 0.15) is 0 Å². The Balaban J connectivity index is 0.00000160. The van der Waals surface area contributed by atoms with Crippen LogP contribution in [-0.2, 0) is 6.54 Å². The zero-order chi connectivity index (χ0) is 19.3. The number of fused-ring (bicyclic) bond motifs is 1. The molecule has 3 aromatic rings. The molecule has 30 heavy (non-hydrogen) atoms. The maximum atomic E-state index is 9.78. The van der Waals surface area contributed by atoms with Crippen LogP contribution in [0.2, 0.25) is 0 Å². The lowest BCUT2D eigenvalue weighted by molar-refractivity contribution is 0.203. The second-order valence-corrected chi connectivity index (χ2v) is 8.28. The number of aryl methyl sites for hydroxylation is 1. The van der Waals surface area contributed by atoms with Gasteiger partial charge in [0.15, 0.2) is 0 Å². The quantitative estimate of drug-likeness (QED) is 0.426. The Morgan fingerprint density at radius 1 is 1.10 bits per heavy atom. The third-order valence-electron chi connectivity index (χ3n) is 6.18. The number of nitrogens with one attached hydrogen (secondary N) is 2. The highest BCUT2D eigenvalue weighted by molar-refractivity contribution is 5.85. The second kappa shape index (κ2) is 11.7. The number of aliphatic hydroxyl groups excluding tert-OH is 1. The molecule has 4 nitrogen and oxygen atoms in total. The number of halogens is 2. The van der Waals surface area contributed by atoms with Gasteiger partial charge in [-0.1, -0.05) is 56.4 Å². The summed E-state index contributed by atoms with van der Waals surface area (Å²) in [6.45, 7) is 3.19. The molecule has 1 aromatic heterocycles. The van der Waals surface area contributed by atoms with E-state index < -0.39 is 0 Å². The second-order valence-electron chi connectivity index (χ2n) is 8.28. The summed E-state index contributed by atoms with van der Waals surface area (Å²) in [6, 6.07) is 13.2. The van der Waals surface area contributed by atoms with Gasteiger partial charge in [0.05, 0.1) is 24.0 Å². The molecule has 0 bridgehead atoms. The van der Waals surface area contributed by atoms with Gasteiger partial charge in [0.25, 0.3) is 0 Å². The van der Waals surface area contributed by atoms with Gasteiger partial charge in [-0.15, -0.1) is 24.8 Å². The molecule has 1 fully saturated rings. The summed E-state index contributed by atoms with van der Waals surface area (Å²) in [5.74, 6) is 0.778. The molecule has 1 aliphatic rings. The van der Waals surface area contributed by atoms with Crippen LogP contribution in [-0.4, -0.2) is 27.7 Å². The summed E-state index contributed by atoms with van der Waals surface area (Å²) >= 11 is 0. The van der Waals surface area contributed by atoms with Gasteiger partial charge in [-0.2, -0.15) is 0 Å². The number of hydrogen-bond donors (Lipinski definition) is 3. The number of rotatable bonds is 7. The van der Waals surface area contributed by atoms with Gasteiger partial charge in [0, 0.05) is 12.6 Å². The molecule has 2 aromatic carbocycles. The predicted octanol–water partition coefficient (Wildman–Crippen LogP) is 5.80. The van der Waals surface area contributed by atoms with Crippen LogP contribution in [0.5, 0.6) is 0 Å². The van der Waals surface area contributed by atoms with Gasteiger partial charge in [-0.3, -0.25) is 0 Å². The molecule has 1 aliphatic carbocycles. The minimum atomic E-state index is 0. The van der Waals surface area contributed by atoms with E-state index in [0.29, 0.717) is 0 Å². The van der Waals surface area contributed by atoms with Crippen LogP contribution in [0.3, 0.4) is 0 Å². The molecule has 6 heteroatoms. The molecule has 1 atom stereocenters. The maximum absolute atomic E-state index is 9.78. The van der Waals surface area contributed by atoms with Gasteiger partial charge in [-0.05, 0) is 53.6 Å². The lowest BCUT2D eigenvalue weighted by Crippen LogP contribution is -2.34. The predicted molar refractivity (Wildman–Crippen MR) is 130 cm³/mol. The number of nitrogens with zero attached hydrogens (tertiary/aromatic N) is 1. The molecule has 0 amide bonds. The topological polar surface area (TPSA) is 60.9 Å². The molecule has 0 radical (unpaired) electrons. The number of benzene rings is 2. The van der Waals surface area contributed by atoms with Crippen molar-refractivity contribution < 1.29 is 5.11 Å². The summed E-state index contributed by atoms with van der Waals surface area (Å²) in [5, 5.41) is 13.4. The fourth-order valence-electron chi connectivity index (χ4n) is 4.57. The fourth-order valence-corrected chi connectivity index (χ4v) is 4.57. The Morgan fingerprint density at radius 2 is 1.90 bits per heavy atom. The summed E-state index contributed by atoms with van der Waals surface area (Å²) in [7, 11) is 0. The van der Waals surface area contributed by atoms with Crippen molar-refractivity contribution in [3.63, 3.8) is 0 Å². The largest absolute Gasteiger partial charge is 0.395 e. The molecule has 0 saturated heterocycles. The van der Waals surface area contributed by atoms with Crippen LogP contribution in [0.15, 0.2) is 42.7 Å². The van der Waals surface area contributed by atoms with Crippen molar-refractivity contribution in [3.05, 3.63) is 53.9 Å². The minimum Gasteiger partial charge on any atom is -0.395 e. The SMILES string of the molecule is Cc1cc(CN[C@H](CO)CC2CCCCC2)ccc1-c1ccc2nc[nH]c2c1.Cl.Cl. The van der Waals surface area contributed by atoms with Gasteiger partial charge in [0.2, 0.25) is 0 Å². The molecule has 0 aliphatic heterocycles. The monoisotopic (exact) mass is 449 g/mol. The van der Waals surface area contributed by atoms with E-state index >= 15 is 0 Å². The third-order valence-corrected chi connectivity index (χ3v) is 6.18. The Labute approximate surface area is 191 Å². The van der Waals surface area contributed by atoms with Crippen molar-refractivity contribution in [2.24, 2.45) is 5.92 Å². The van der Waals surface area contributed by atoms with Crippen molar-refractivity contribution in [2.75, 3.05) is 6.61 Å². The highest BCUT2D eigenvalue weighted by atomic mass is 35.5.